The number of nitrogens with zero attached hydrogens (tertiary/aromatic N) is 3. The van der Waals surface area contributed by atoms with Gasteiger partial charge in [0.2, 0.25) is 0 Å². The topological polar surface area (TPSA) is 46.5 Å². The van der Waals surface area contributed by atoms with Crippen LogP contribution in [0.2, 0.25) is 0 Å². The second-order valence-electron chi connectivity index (χ2n) is 4.01. The Morgan fingerprint density at radius 3 is 2.94 bits per heavy atom. The van der Waals surface area contributed by atoms with Gasteiger partial charge < -0.3 is 4.98 Å². The van der Waals surface area contributed by atoms with Gasteiger partial charge in [-0.15, -0.1) is 0 Å². The van der Waals surface area contributed by atoms with Crippen LogP contribution in [0, 0.1) is 6.92 Å². The van der Waals surface area contributed by atoms with Crippen molar-refractivity contribution in [2.24, 2.45) is 7.05 Å². The molecule has 0 radical (unpaired) electrons. The maximum absolute atomic E-state index is 4.53. The Morgan fingerprint density at radius 1 is 1.31 bits per heavy atom. The molecule has 0 unspecified atom stereocenters. The first-order chi connectivity index (χ1) is 7.72. The zero-order valence-electron chi connectivity index (χ0n) is 9.23. The Morgan fingerprint density at radius 2 is 2.19 bits per heavy atom. The molecule has 0 fully saturated rings. The molecule has 2 heterocycles. The van der Waals surface area contributed by atoms with E-state index in [9.17, 15) is 0 Å². The van der Waals surface area contributed by atoms with Crippen LogP contribution in [0.15, 0.2) is 30.6 Å². The predicted octanol–water partition coefficient (Wildman–Crippen LogP) is 2.27. The number of aromatic amines is 1. The summed E-state index contributed by atoms with van der Waals surface area (Å²) in [5, 5.41) is 4.14. The van der Waals surface area contributed by atoms with Crippen molar-refractivity contribution in [3.8, 4) is 11.4 Å². The normalized spacial score (nSPS) is 11.1. The molecule has 4 nitrogen and oxygen atoms in total. The van der Waals surface area contributed by atoms with E-state index in [0.717, 1.165) is 22.4 Å². The van der Waals surface area contributed by atoms with Crippen molar-refractivity contribution in [3.63, 3.8) is 0 Å². The van der Waals surface area contributed by atoms with Gasteiger partial charge in [-0.25, -0.2) is 4.98 Å². The van der Waals surface area contributed by atoms with Gasteiger partial charge in [-0.05, 0) is 24.6 Å². The first-order valence-electron chi connectivity index (χ1n) is 5.18. The third-order valence-corrected chi connectivity index (χ3v) is 2.62. The molecule has 3 aromatic rings. The number of aryl methyl sites for hydroxylation is 2. The van der Waals surface area contributed by atoms with Crippen LogP contribution in [-0.2, 0) is 7.05 Å². The lowest BCUT2D eigenvalue weighted by atomic mass is 10.2. The number of hydrogen-bond acceptors (Lipinski definition) is 2. The van der Waals surface area contributed by atoms with Crippen LogP contribution in [0.5, 0.6) is 0 Å². The van der Waals surface area contributed by atoms with Crippen LogP contribution >= 0.6 is 0 Å². The molecular formula is C12H12N4. The summed E-state index contributed by atoms with van der Waals surface area (Å²) >= 11 is 0. The fourth-order valence-electron chi connectivity index (χ4n) is 1.80. The number of nitrogens with one attached hydrogen (secondary N) is 1. The minimum Gasteiger partial charge on any atom is -0.338 e. The second-order valence-corrected chi connectivity index (χ2v) is 4.01. The number of benzene rings is 1. The van der Waals surface area contributed by atoms with E-state index in [2.05, 4.69) is 34.1 Å². The van der Waals surface area contributed by atoms with E-state index in [1.54, 1.807) is 4.68 Å². The fraction of sp³-hybridized carbons (Fsp3) is 0.167. The Hall–Kier alpha value is -2.10. The molecule has 0 spiro atoms. The van der Waals surface area contributed by atoms with Crippen molar-refractivity contribution in [3.05, 3.63) is 36.2 Å². The molecule has 2 aromatic heterocycles. The second kappa shape index (κ2) is 3.20. The summed E-state index contributed by atoms with van der Waals surface area (Å²) in [5.74, 6) is 0.869. The number of aromatic nitrogens is 4. The molecule has 0 atom stereocenters. The minimum absolute atomic E-state index is 0.869. The lowest BCUT2D eigenvalue weighted by Crippen LogP contribution is -1.84. The Bertz CT molecular complexity index is 648. The van der Waals surface area contributed by atoms with Gasteiger partial charge in [0, 0.05) is 13.2 Å². The summed E-state index contributed by atoms with van der Waals surface area (Å²) in [6, 6.07) is 6.19. The third kappa shape index (κ3) is 1.39. The average Bonchev–Trinajstić information content (AvgIpc) is 2.83. The molecule has 4 heteroatoms. The lowest BCUT2D eigenvalue weighted by molar-refractivity contribution is 0.768. The van der Waals surface area contributed by atoms with Crippen molar-refractivity contribution < 1.29 is 0 Å². The molecule has 0 aliphatic heterocycles. The molecule has 3 rings (SSSR count). The smallest absolute Gasteiger partial charge is 0.141 e. The molecular weight excluding hydrogens is 200 g/mol. The highest BCUT2D eigenvalue weighted by Gasteiger charge is 2.06. The number of H-pyrrole nitrogens is 1. The van der Waals surface area contributed by atoms with Gasteiger partial charge in [-0.3, -0.25) is 4.68 Å². The molecule has 1 aromatic carbocycles. The van der Waals surface area contributed by atoms with Crippen LogP contribution < -0.4 is 0 Å². The molecule has 0 aliphatic carbocycles. The maximum Gasteiger partial charge on any atom is 0.141 e. The molecule has 80 valence electrons. The van der Waals surface area contributed by atoms with Gasteiger partial charge >= 0.3 is 0 Å². The van der Waals surface area contributed by atoms with Crippen LogP contribution in [0.1, 0.15) is 5.56 Å². The lowest BCUT2D eigenvalue weighted by Gasteiger charge is -1.89. The summed E-state index contributed by atoms with van der Waals surface area (Å²) in [5.41, 5.74) is 4.30. The molecule has 0 aliphatic rings. The standard InChI is InChI=1S/C12H12N4/c1-8-3-4-10-11(5-8)15-12(14-10)9-6-13-16(2)7-9/h3-7H,1-2H3,(H,14,15). The summed E-state index contributed by atoms with van der Waals surface area (Å²) in [6.07, 6.45) is 3.76. The Kier molecular flexibility index (Phi) is 1.83. The summed E-state index contributed by atoms with van der Waals surface area (Å²) < 4.78 is 1.77. The average molecular weight is 212 g/mol. The van der Waals surface area contributed by atoms with Crippen molar-refractivity contribution in [2.75, 3.05) is 0 Å². The number of rotatable bonds is 1. The molecule has 1 N–H and O–H groups in total. The van der Waals surface area contributed by atoms with E-state index in [1.165, 1.54) is 5.56 Å². The number of imidazole rings is 1. The van der Waals surface area contributed by atoms with Gasteiger partial charge in [0.25, 0.3) is 0 Å². The van der Waals surface area contributed by atoms with E-state index in [1.807, 2.05) is 25.5 Å². The summed E-state index contributed by atoms with van der Waals surface area (Å²) in [4.78, 5) is 7.83. The highest BCUT2D eigenvalue weighted by Crippen LogP contribution is 2.20. The monoisotopic (exact) mass is 212 g/mol. The fourth-order valence-corrected chi connectivity index (χ4v) is 1.80. The van der Waals surface area contributed by atoms with E-state index in [-0.39, 0.29) is 0 Å². The molecule has 0 saturated heterocycles. The van der Waals surface area contributed by atoms with E-state index >= 15 is 0 Å². The van der Waals surface area contributed by atoms with Crippen LogP contribution in [0.25, 0.3) is 22.4 Å². The highest BCUT2D eigenvalue weighted by atomic mass is 15.2. The van der Waals surface area contributed by atoms with Gasteiger partial charge in [-0.2, -0.15) is 5.10 Å². The molecule has 16 heavy (non-hydrogen) atoms. The van der Waals surface area contributed by atoms with Crippen molar-refractivity contribution in [2.45, 2.75) is 6.92 Å². The first kappa shape index (κ1) is 9.15. The van der Waals surface area contributed by atoms with E-state index in [0.29, 0.717) is 0 Å². The number of hydrogen-bond donors (Lipinski definition) is 1. The first-order valence-corrected chi connectivity index (χ1v) is 5.18. The van der Waals surface area contributed by atoms with Crippen LogP contribution in [0.4, 0.5) is 0 Å². The Balaban J connectivity index is 2.18. The van der Waals surface area contributed by atoms with Crippen LogP contribution in [0.3, 0.4) is 0 Å². The van der Waals surface area contributed by atoms with Crippen molar-refractivity contribution in [1.29, 1.82) is 0 Å². The molecule has 0 saturated carbocycles. The van der Waals surface area contributed by atoms with Gasteiger partial charge in [-0.1, -0.05) is 6.07 Å². The van der Waals surface area contributed by atoms with E-state index < -0.39 is 0 Å². The zero-order valence-corrected chi connectivity index (χ0v) is 9.23. The maximum atomic E-state index is 4.53. The highest BCUT2D eigenvalue weighted by molar-refractivity contribution is 5.79. The van der Waals surface area contributed by atoms with E-state index in [4.69, 9.17) is 0 Å². The summed E-state index contributed by atoms with van der Waals surface area (Å²) in [6.45, 7) is 2.07. The number of fused-ring (bicyclic) bond motifs is 1. The van der Waals surface area contributed by atoms with Crippen molar-refractivity contribution in [1.82, 2.24) is 19.7 Å². The van der Waals surface area contributed by atoms with Crippen LogP contribution in [-0.4, -0.2) is 19.7 Å². The largest absolute Gasteiger partial charge is 0.338 e. The van der Waals surface area contributed by atoms with Gasteiger partial charge in [0.15, 0.2) is 0 Å². The molecule has 0 bridgehead atoms. The molecule has 0 amide bonds. The predicted molar refractivity (Wildman–Crippen MR) is 63.0 cm³/mol. The Labute approximate surface area is 92.9 Å². The quantitative estimate of drug-likeness (QED) is 0.672. The van der Waals surface area contributed by atoms with Gasteiger partial charge in [0.05, 0.1) is 22.8 Å². The van der Waals surface area contributed by atoms with Gasteiger partial charge in [0.1, 0.15) is 5.82 Å². The van der Waals surface area contributed by atoms with Crippen molar-refractivity contribution >= 4 is 11.0 Å². The summed E-state index contributed by atoms with van der Waals surface area (Å²) in [7, 11) is 1.90. The SMILES string of the molecule is Cc1ccc2nc(-c3cnn(C)c3)[nH]c2c1. The zero-order chi connectivity index (χ0) is 11.1. The minimum atomic E-state index is 0.869. The third-order valence-electron chi connectivity index (χ3n) is 2.62.